The van der Waals surface area contributed by atoms with Gasteiger partial charge >= 0.3 is 0 Å². The van der Waals surface area contributed by atoms with E-state index in [4.69, 9.17) is 5.73 Å². The highest BCUT2D eigenvalue weighted by Gasteiger charge is 2.21. The van der Waals surface area contributed by atoms with Gasteiger partial charge in [-0.2, -0.15) is 0 Å². The van der Waals surface area contributed by atoms with Crippen molar-refractivity contribution in [3.05, 3.63) is 70.3 Å². The van der Waals surface area contributed by atoms with E-state index in [1.54, 1.807) is 30.3 Å². The largest absolute Gasteiger partial charge is 0.368 e. The monoisotopic (exact) mass is 375 g/mol. The molecule has 3 N–H and O–H groups in total. The second-order valence-electron chi connectivity index (χ2n) is 5.39. The molecule has 0 radical (unpaired) electrons. The van der Waals surface area contributed by atoms with E-state index in [1.165, 1.54) is 18.2 Å². The van der Waals surface area contributed by atoms with Gasteiger partial charge in [-0.25, -0.2) is 0 Å². The van der Waals surface area contributed by atoms with Crippen LogP contribution in [-0.4, -0.2) is 32.7 Å². The summed E-state index contributed by atoms with van der Waals surface area (Å²) in [5, 5.41) is 13.2. The van der Waals surface area contributed by atoms with E-state index in [0.29, 0.717) is 4.90 Å². The zero-order valence-electron chi connectivity index (χ0n) is 13.7. The minimum absolute atomic E-state index is 0.0367. The van der Waals surface area contributed by atoms with E-state index in [9.17, 15) is 23.9 Å². The molecule has 0 aliphatic carbocycles. The number of nitrogens with one attached hydrogen (secondary N) is 1. The molecule has 0 unspecified atom stereocenters. The number of nitro groups is 1. The summed E-state index contributed by atoms with van der Waals surface area (Å²) < 4.78 is 12.2. The van der Waals surface area contributed by atoms with Crippen molar-refractivity contribution < 1.29 is 18.7 Å². The number of nitrogens with two attached hydrogens (primary N) is 1. The van der Waals surface area contributed by atoms with Crippen molar-refractivity contribution in [3.8, 4) is 0 Å². The van der Waals surface area contributed by atoms with Crippen molar-refractivity contribution >= 4 is 28.3 Å². The van der Waals surface area contributed by atoms with Crippen LogP contribution in [0.5, 0.6) is 0 Å². The van der Waals surface area contributed by atoms with Gasteiger partial charge in [0, 0.05) is 28.3 Å². The van der Waals surface area contributed by atoms with Crippen LogP contribution >= 0.6 is 0 Å². The zero-order chi connectivity index (χ0) is 19.1. The molecule has 2 aromatic carbocycles. The first-order chi connectivity index (χ1) is 12.4. The second kappa shape index (κ2) is 8.86. The number of carbonyl (C=O) groups excluding carboxylic acids is 2. The molecule has 0 fully saturated rings. The highest BCUT2D eigenvalue weighted by atomic mass is 32.2. The predicted molar refractivity (Wildman–Crippen MR) is 95.9 cm³/mol. The van der Waals surface area contributed by atoms with E-state index >= 15 is 0 Å². The number of non-ortho nitro benzene ring substituents is 1. The number of nitrogens with zero attached hydrogens (tertiary/aromatic N) is 1. The highest BCUT2D eigenvalue weighted by molar-refractivity contribution is 7.85. The first kappa shape index (κ1) is 19.3. The average molecular weight is 375 g/mol. The molecular formula is C17H17N3O5S. The van der Waals surface area contributed by atoms with Gasteiger partial charge in [0.15, 0.2) is 0 Å². The quantitative estimate of drug-likeness (QED) is 0.531. The van der Waals surface area contributed by atoms with Crippen LogP contribution in [0.25, 0.3) is 0 Å². The number of hydrogen-bond acceptors (Lipinski definition) is 5. The van der Waals surface area contributed by atoms with Crippen LogP contribution in [0.3, 0.4) is 0 Å². The van der Waals surface area contributed by atoms with Gasteiger partial charge in [0.1, 0.15) is 6.04 Å². The number of hydrogen-bond donors (Lipinski definition) is 2. The van der Waals surface area contributed by atoms with Gasteiger partial charge < -0.3 is 11.1 Å². The Morgan fingerprint density at radius 3 is 2.46 bits per heavy atom. The second-order valence-corrected chi connectivity index (χ2v) is 6.96. The Balaban J connectivity index is 2.02. The first-order valence-corrected chi connectivity index (χ1v) is 8.98. The molecule has 2 rings (SSSR count). The van der Waals surface area contributed by atoms with Gasteiger partial charge in [0.25, 0.3) is 11.6 Å². The fourth-order valence-corrected chi connectivity index (χ4v) is 3.35. The Bertz CT molecular complexity index is 841. The number of carbonyl (C=O) groups is 2. The molecule has 2 aromatic rings. The maximum absolute atomic E-state index is 12.2. The Morgan fingerprint density at radius 1 is 1.15 bits per heavy atom. The molecule has 0 spiro atoms. The minimum atomic E-state index is -1.34. The van der Waals surface area contributed by atoms with Gasteiger partial charge in [-0.05, 0) is 24.6 Å². The van der Waals surface area contributed by atoms with Crippen molar-refractivity contribution in [2.45, 2.75) is 17.4 Å². The van der Waals surface area contributed by atoms with Crippen LogP contribution in [-0.2, 0) is 15.6 Å². The Hall–Kier alpha value is -3.07. The van der Waals surface area contributed by atoms with Gasteiger partial charge in [-0.3, -0.25) is 23.9 Å². The summed E-state index contributed by atoms with van der Waals surface area (Å²) in [6, 6.07) is 12.8. The number of rotatable bonds is 8. The molecule has 0 saturated carbocycles. The molecule has 0 aliphatic rings. The lowest BCUT2D eigenvalue weighted by molar-refractivity contribution is -0.384. The predicted octanol–water partition coefficient (Wildman–Crippen LogP) is 1.38. The van der Waals surface area contributed by atoms with Crippen LogP contribution in [0.4, 0.5) is 5.69 Å². The van der Waals surface area contributed by atoms with Crippen molar-refractivity contribution in [3.63, 3.8) is 0 Å². The van der Waals surface area contributed by atoms with Crippen molar-refractivity contribution in [2.75, 3.05) is 5.75 Å². The summed E-state index contributed by atoms with van der Waals surface area (Å²) in [6.45, 7) is 0. The molecule has 0 aromatic heterocycles. The van der Waals surface area contributed by atoms with E-state index in [-0.39, 0.29) is 23.4 Å². The van der Waals surface area contributed by atoms with Crippen LogP contribution in [0.2, 0.25) is 0 Å². The van der Waals surface area contributed by atoms with E-state index in [0.717, 1.165) is 6.07 Å². The van der Waals surface area contributed by atoms with Crippen LogP contribution < -0.4 is 11.1 Å². The molecule has 0 aliphatic heterocycles. The number of primary amides is 1. The normalized spacial score (nSPS) is 12.8. The molecule has 8 nitrogen and oxygen atoms in total. The SMILES string of the molecule is NC(=O)[C@@H](CC[S@](=O)c1ccccc1)NC(=O)c1cccc([N+](=O)[O-])c1. The Kier molecular flexibility index (Phi) is 6.56. The van der Waals surface area contributed by atoms with E-state index in [2.05, 4.69) is 5.32 Å². The number of amides is 2. The molecule has 136 valence electrons. The third-order valence-electron chi connectivity index (χ3n) is 3.57. The molecule has 0 saturated heterocycles. The third-order valence-corrected chi connectivity index (χ3v) is 4.97. The smallest absolute Gasteiger partial charge is 0.270 e. The summed E-state index contributed by atoms with van der Waals surface area (Å²) in [5.41, 5.74) is 5.10. The molecule has 2 atom stereocenters. The summed E-state index contributed by atoms with van der Waals surface area (Å²) in [4.78, 5) is 34.6. The lowest BCUT2D eigenvalue weighted by Gasteiger charge is -2.15. The molecule has 26 heavy (non-hydrogen) atoms. The van der Waals surface area contributed by atoms with Crippen molar-refractivity contribution in [1.82, 2.24) is 5.32 Å². The van der Waals surface area contributed by atoms with Gasteiger partial charge in [-0.1, -0.05) is 24.3 Å². The number of nitro benzene ring substituents is 1. The first-order valence-electron chi connectivity index (χ1n) is 7.66. The molecule has 0 bridgehead atoms. The summed E-state index contributed by atoms with van der Waals surface area (Å²) in [7, 11) is -1.34. The van der Waals surface area contributed by atoms with Gasteiger partial charge in [0.2, 0.25) is 5.91 Å². The number of benzene rings is 2. The third kappa shape index (κ3) is 5.21. The Labute approximate surface area is 152 Å². The van der Waals surface area contributed by atoms with Crippen LogP contribution in [0.1, 0.15) is 16.8 Å². The summed E-state index contributed by atoms with van der Waals surface area (Å²) in [5.74, 6) is -1.30. The fraction of sp³-hybridized carbons (Fsp3) is 0.176. The lowest BCUT2D eigenvalue weighted by Crippen LogP contribution is -2.45. The molecule has 9 heteroatoms. The topological polar surface area (TPSA) is 132 Å². The standard InChI is InChI=1S/C17H17N3O5S/c18-16(21)15(9-10-26(25)14-7-2-1-3-8-14)19-17(22)12-5-4-6-13(11-12)20(23)24/h1-8,11,15H,9-10H2,(H2,18,21)(H,19,22)/t15-,26+/m1/s1. The summed E-state index contributed by atoms with van der Waals surface area (Å²) >= 11 is 0. The van der Waals surface area contributed by atoms with Gasteiger partial charge in [-0.15, -0.1) is 0 Å². The molecule has 0 heterocycles. The van der Waals surface area contributed by atoms with Gasteiger partial charge in [0.05, 0.1) is 15.7 Å². The maximum atomic E-state index is 12.2. The lowest BCUT2D eigenvalue weighted by atomic mass is 10.1. The van der Waals surface area contributed by atoms with Crippen molar-refractivity contribution in [1.29, 1.82) is 0 Å². The maximum Gasteiger partial charge on any atom is 0.270 e. The molecular weight excluding hydrogens is 358 g/mol. The average Bonchev–Trinajstić information content (AvgIpc) is 2.65. The van der Waals surface area contributed by atoms with Crippen LogP contribution in [0.15, 0.2) is 59.5 Å². The Morgan fingerprint density at radius 2 is 1.85 bits per heavy atom. The highest BCUT2D eigenvalue weighted by Crippen LogP contribution is 2.13. The minimum Gasteiger partial charge on any atom is -0.368 e. The van der Waals surface area contributed by atoms with E-state index < -0.39 is 33.6 Å². The van der Waals surface area contributed by atoms with E-state index in [1.807, 2.05) is 0 Å². The molecule has 2 amide bonds. The van der Waals surface area contributed by atoms with Crippen LogP contribution in [0, 0.1) is 10.1 Å². The summed E-state index contributed by atoms with van der Waals surface area (Å²) in [6.07, 6.45) is 0.0809. The van der Waals surface area contributed by atoms with Crippen molar-refractivity contribution in [2.24, 2.45) is 5.73 Å². The zero-order valence-corrected chi connectivity index (χ0v) is 14.5. The fourth-order valence-electron chi connectivity index (χ4n) is 2.20.